The van der Waals surface area contributed by atoms with Gasteiger partial charge in [0, 0.05) is 0 Å². The summed E-state index contributed by atoms with van der Waals surface area (Å²) >= 11 is 0. The number of nitro benzene ring substituents is 1. The van der Waals surface area contributed by atoms with Crippen molar-refractivity contribution in [2.75, 3.05) is 5.73 Å². The van der Waals surface area contributed by atoms with Crippen LogP contribution in [0.1, 0.15) is 20.3 Å². The molecule has 1 unspecified atom stereocenters. The summed E-state index contributed by atoms with van der Waals surface area (Å²) in [4.78, 5) is 10.2. The fourth-order valence-electron chi connectivity index (χ4n) is 1.13. The average Bonchev–Trinajstić information content (AvgIpc) is 2.17. The molecule has 5 nitrogen and oxygen atoms in total. The highest BCUT2D eigenvalue weighted by molar-refractivity contribution is 5.65. The van der Waals surface area contributed by atoms with Gasteiger partial charge in [0.2, 0.25) is 0 Å². The molecule has 0 amide bonds. The number of rotatable bonds is 4. The number of para-hydroxylation sites is 1. The SMILES string of the molecule is CCC(C)Oc1cccc(N)c1[N+](=O)[O-]. The number of hydrogen-bond donors (Lipinski definition) is 1. The minimum Gasteiger partial charge on any atom is -0.484 e. The third-order valence-electron chi connectivity index (χ3n) is 2.12. The molecule has 0 heterocycles. The van der Waals surface area contributed by atoms with Crippen molar-refractivity contribution in [1.29, 1.82) is 0 Å². The van der Waals surface area contributed by atoms with Gasteiger partial charge in [0.05, 0.1) is 11.0 Å². The zero-order valence-corrected chi connectivity index (χ0v) is 8.77. The van der Waals surface area contributed by atoms with Gasteiger partial charge in [0.15, 0.2) is 5.75 Å². The number of ether oxygens (including phenoxy) is 1. The summed E-state index contributed by atoms with van der Waals surface area (Å²) in [6.45, 7) is 3.80. The lowest BCUT2D eigenvalue weighted by Gasteiger charge is -2.12. The lowest BCUT2D eigenvalue weighted by Crippen LogP contribution is -2.11. The number of nitrogens with two attached hydrogens (primary N) is 1. The molecule has 1 rings (SSSR count). The maximum Gasteiger partial charge on any atom is 0.333 e. The summed E-state index contributed by atoms with van der Waals surface area (Å²) in [5, 5.41) is 10.8. The van der Waals surface area contributed by atoms with Crippen LogP contribution in [-0.2, 0) is 0 Å². The van der Waals surface area contributed by atoms with Gasteiger partial charge in [-0.25, -0.2) is 0 Å². The van der Waals surface area contributed by atoms with Crippen molar-refractivity contribution in [3.8, 4) is 5.75 Å². The molecule has 1 aromatic rings. The normalized spacial score (nSPS) is 12.1. The third-order valence-corrected chi connectivity index (χ3v) is 2.12. The first-order valence-electron chi connectivity index (χ1n) is 4.75. The van der Waals surface area contributed by atoms with E-state index in [9.17, 15) is 10.1 Å². The van der Waals surface area contributed by atoms with Gasteiger partial charge >= 0.3 is 5.69 Å². The maximum absolute atomic E-state index is 10.8. The van der Waals surface area contributed by atoms with Gasteiger partial charge in [-0.2, -0.15) is 0 Å². The summed E-state index contributed by atoms with van der Waals surface area (Å²) in [5.74, 6) is 0.231. The second-order valence-electron chi connectivity index (χ2n) is 3.29. The largest absolute Gasteiger partial charge is 0.484 e. The predicted octanol–water partition coefficient (Wildman–Crippen LogP) is 2.35. The average molecular weight is 210 g/mol. The molecule has 0 fully saturated rings. The van der Waals surface area contributed by atoms with E-state index in [0.717, 1.165) is 6.42 Å². The molecule has 0 aliphatic rings. The monoisotopic (exact) mass is 210 g/mol. The Balaban J connectivity index is 3.06. The second kappa shape index (κ2) is 4.63. The first kappa shape index (κ1) is 11.3. The van der Waals surface area contributed by atoms with E-state index in [1.54, 1.807) is 12.1 Å². The fourth-order valence-corrected chi connectivity index (χ4v) is 1.13. The van der Waals surface area contributed by atoms with Gasteiger partial charge in [-0.3, -0.25) is 10.1 Å². The molecule has 0 radical (unpaired) electrons. The number of hydrogen-bond acceptors (Lipinski definition) is 4. The lowest BCUT2D eigenvalue weighted by atomic mass is 10.2. The van der Waals surface area contributed by atoms with Crippen LogP contribution in [0.2, 0.25) is 0 Å². The van der Waals surface area contributed by atoms with Crippen LogP contribution < -0.4 is 10.5 Å². The summed E-state index contributed by atoms with van der Waals surface area (Å²) in [7, 11) is 0. The number of anilines is 1. The number of nitro groups is 1. The molecule has 2 N–H and O–H groups in total. The van der Waals surface area contributed by atoms with Crippen molar-refractivity contribution in [3.63, 3.8) is 0 Å². The van der Waals surface area contributed by atoms with Crippen molar-refractivity contribution in [2.24, 2.45) is 0 Å². The summed E-state index contributed by atoms with van der Waals surface area (Å²) in [6, 6.07) is 4.68. The van der Waals surface area contributed by atoms with E-state index in [1.807, 2.05) is 13.8 Å². The second-order valence-corrected chi connectivity index (χ2v) is 3.29. The van der Waals surface area contributed by atoms with Crippen molar-refractivity contribution >= 4 is 11.4 Å². The van der Waals surface area contributed by atoms with Crippen LogP contribution in [0.25, 0.3) is 0 Å². The van der Waals surface area contributed by atoms with Gasteiger partial charge < -0.3 is 10.5 Å². The van der Waals surface area contributed by atoms with E-state index in [4.69, 9.17) is 10.5 Å². The van der Waals surface area contributed by atoms with Gasteiger partial charge in [-0.05, 0) is 25.5 Å². The highest BCUT2D eigenvalue weighted by Crippen LogP contribution is 2.33. The first-order chi connectivity index (χ1) is 7.06. The number of nitrogen functional groups attached to an aromatic ring is 1. The fraction of sp³-hybridized carbons (Fsp3) is 0.400. The van der Waals surface area contributed by atoms with Crippen molar-refractivity contribution < 1.29 is 9.66 Å². The summed E-state index contributed by atoms with van der Waals surface area (Å²) in [5.41, 5.74) is 5.49. The Kier molecular flexibility index (Phi) is 3.49. The topological polar surface area (TPSA) is 78.4 Å². The smallest absolute Gasteiger partial charge is 0.333 e. The molecule has 15 heavy (non-hydrogen) atoms. The maximum atomic E-state index is 10.8. The highest BCUT2D eigenvalue weighted by Gasteiger charge is 2.20. The van der Waals surface area contributed by atoms with Crippen LogP contribution in [0.4, 0.5) is 11.4 Å². The quantitative estimate of drug-likeness (QED) is 0.470. The Morgan fingerprint density at radius 1 is 1.60 bits per heavy atom. The number of nitrogens with zero attached hydrogens (tertiary/aromatic N) is 1. The Morgan fingerprint density at radius 3 is 2.80 bits per heavy atom. The number of benzene rings is 1. The van der Waals surface area contributed by atoms with E-state index in [1.165, 1.54) is 6.07 Å². The first-order valence-corrected chi connectivity index (χ1v) is 4.75. The van der Waals surface area contributed by atoms with E-state index in [-0.39, 0.29) is 23.2 Å². The highest BCUT2D eigenvalue weighted by atomic mass is 16.6. The molecule has 5 heteroatoms. The molecule has 0 bridgehead atoms. The Bertz CT molecular complexity index is 366. The van der Waals surface area contributed by atoms with E-state index in [0.29, 0.717) is 0 Å². The summed E-state index contributed by atoms with van der Waals surface area (Å²) < 4.78 is 5.42. The van der Waals surface area contributed by atoms with Crippen LogP contribution in [0.3, 0.4) is 0 Å². The van der Waals surface area contributed by atoms with Crippen molar-refractivity contribution in [1.82, 2.24) is 0 Å². The van der Waals surface area contributed by atoms with Crippen LogP contribution in [0.15, 0.2) is 18.2 Å². The van der Waals surface area contributed by atoms with Crippen LogP contribution >= 0.6 is 0 Å². The van der Waals surface area contributed by atoms with Crippen molar-refractivity contribution in [2.45, 2.75) is 26.4 Å². The lowest BCUT2D eigenvalue weighted by molar-refractivity contribution is -0.385. The Morgan fingerprint density at radius 2 is 2.27 bits per heavy atom. The van der Waals surface area contributed by atoms with Gasteiger partial charge in [-0.15, -0.1) is 0 Å². The van der Waals surface area contributed by atoms with Crippen LogP contribution in [0.5, 0.6) is 5.75 Å². The van der Waals surface area contributed by atoms with E-state index in [2.05, 4.69) is 0 Å². The molecule has 0 aromatic heterocycles. The minimum atomic E-state index is -0.521. The van der Waals surface area contributed by atoms with Gasteiger partial charge in [-0.1, -0.05) is 13.0 Å². The third kappa shape index (κ3) is 2.59. The van der Waals surface area contributed by atoms with E-state index >= 15 is 0 Å². The Labute approximate surface area is 88.0 Å². The summed E-state index contributed by atoms with van der Waals surface area (Å²) in [6.07, 6.45) is 0.719. The minimum absolute atomic E-state index is 0.0644. The molecule has 0 saturated carbocycles. The molecule has 1 aromatic carbocycles. The standard InChI is InChI=1S/C10H14N2O3/c1-3-7(2)15-9-6-4-5-8(11)10(9)12(13)14/h4-7H,3,11H2,1-2H3. The molecular formula is C10H14N2O3. The molecule has 0 saturated heterocycles. The predicted molar refractivity (Wildman–Crippen MR) is 57.9 cm³/mol. The molecule has 0 spiro atoms. The molecule has 1 atom stereocenters. The molecule has 0 aliphatic carbocycles. The van der Waals surface area contributed by atoms with Crippen LogP contribution in [0, 0.1) is 10.1 Å². The van der Waals surface area contributed by atoms with E-state index < -0.39 is 4.92 Å². The molecular weight excluding hydrogens is 196 g/mol. The zero-order valence-electron chi connectivity index (χ0n) is 8.77. The Hall–Kier alpha value is -1.78. The van der Waals surface area contributed by atoms with Crippen LogP contribution in [-0.4, -0.2) is 11.0 Å². The molecule has 82 valence electrons. The van der Waals surface area contributed by atoms with Gasteiger partial charge in [0.25, 0.3) is 0 Å². The zero-order chi connectivity index (χ0) is 11.4. The van der Waals surface area contributed by atoms with Crippen molar-refractivity contribution in [3.05, 3.63) is 28.3 Å². The van der Waals surface area contributed by atoms with Gasteiger partial charge in [0.1, 0.15) is 5.69 Å². The molecule has 0 aliphatic heterocycles.